The smallest absolute Gasteiger partial charge is 0.185 e. The van der Waals surface area contributed by atoms with E-state index in [1.54, 1.807) is 6.20 Å². The number of carbonyl (C=O) groups is 1. The van der Waals surface area contributed by atoms with Gasteiger partial charge in [-0.2, -0.15) is 0 Å². The minimum atomic E-state index is -1.06. The molecular weight excluding hydrogens is 294 g/mol. The van der Waals surface area contributed by atoms with Gasteiger partial charge in [0.05, 0.1) is 6.20 Å². The maximum atomic E-state index is 12.0. The third-order valence-electron chi connectivity index (χ3n) is 3.89. The van der Waals surface area contributed by atoms with Gasteiger partial charge in [-0.05, 0) is 25.0 Å². The summed E-state index contributed by atoms with van der Waals surface area (Å²) in [6.45, 7) is 8.28. The molecule has 3 rings (SSSR count). The van der Waals surface area contributed by atoms with Crippen molar-refractivity contribution in [1.29, 1.82) is 0 Å². The van der Waals surface area contributed by atoms with Crippen molar-refractivity contribution in [3.63, 3.8) is 0 Å². The third kappa shape index (κ3) is 3.62. The molecule has 0 aromatic carbocycles. The molecule has 0 aliphatic heterocycles. The van der Waals surface area contributed by atoms with Gasteiger partial charge in [0.1, 0.15) is 17.9 Å². The van der Waals surface area contributed by atoms with Crippen molar-refractivity contribution < 1.29 is 9.53 Å². The highest BCUT2D eigenvalue weighted by Crippen LogP contribution is 2.32. The van der Waals surface area contributed by atoms with Crippen molar-refractivity contribution in [3.8, 4) is 0 Å². The van der Waals surface area contributed by atoms with E-state index < -0.39 is 8.07 Å². The number of rotatable bonds is 7. The molecule has 1 aliphatic carbocycles. The first-order valence-electron chi connectivity index (χ1n) is 7.88. The molecule has 0 atom stereocenters. The maximum absolute atomic E-state index is 12.0. The minimum absolute atomic E-state index is 0.133. The van der Waals surface area contributed by atoms with Gasteiger partial charge in [-0.25, -0.2) is 9.97 Å². The zero-order chi connectivity index (χ0) is 15.7. The molecule has 1 aliphatic rings. The summed E-state index contributed by atoms with van der Waals surface area (Å²) in [4.78, 5) is 20.9. The van der Waals surface area contributed by atoms with E-state index >= 15 is 0 Å². The van der Waals surface area contributed by atoms with Gasteiger partial charge in [0.25, 0.3) is 0 Å². The van der Waals surface area contributed by atoms with E-state index in [1.165, 1.54) is 0 Å². The molecule has 0 unspecified atom stereocenters. The Balaban J connectivity index is 1.66. The lowest BCUT2D eigenvalue weighted by Crippen LogP contribution is -2.22. The highest BCUT2D eigenvalue weighted by atomic mass is 28.3. The van der Waals surface area contributed by atoms with E-state index in [0.717, 1.165) is 36.7 Å². The van der Waals surface area contributed by atoms with Crippen molar-refractivity contribution in [1.82, 2.24) is 14.5 Å². The molecule has 2 heterocycles. The number of fused-ring (bicyclic) bond motifs is 1. The van der Waals surface area contributed by atoms with Crippen LogP contribution in [0.5, 0.6) is 0 Å². The number of ether oxygens (including phenoxy) is 1. The van der Waals surface area contributed by atoms with Crippen LogP contribution in [0.15, 0.2) is 18.5 Å². The predicted octanol–water partition coefficient (Wildman–Crippen LogP) is 3.34. The van der Waals surface area contributed by atoms with Gasteiger partial charge in [-0.3, -0.25) is 4.79 Å². The Bertz CT molecular complexity index is 686. The van der Waals surface area contributed by atoms with Crippen LogP contribution in [-0.2, 0) is 11.5 Å². The molecule has 0 radical (unpaired) electrons. The molecule has 0 saturated heterocycles. The zero-order valence-corrected chi connectivity index (χ0v) is 14.5. The molecule has 22 heavy (non-hydrogen) atoms. The Labute approximate surface area is 131 Å². The third-order valence-corrected chi connectivity index (χ3v) is 5.60. The second-order valence-corrected chi connectivity index (χ2v) is 12.9. The van der Waals surface area contributed by atoms with Crippen molar-refractivity contribution in [2.24, 2.45) is 5.92 Å². The number of Topliss-reactive ketones (excluding diaryl/α,β-unsaturated/α-hetero) is 1. The van der Waals surface area contributed by atoms with Gasteiger partial charge < -0.3 is 9.30 Å². The van der Waals surface area contributed by atoms with Crippen molar-refractivity contribution in [2.75, 3.05) is 6.61 Å². The van der Waals surface area contributed by atoms with Gasteiger partial charge in [0, 0.05) is 26.8 Å². The van der Waals surface area contributed by atoms with Crippen LogP contribution in [0.4, 0.5) is 0 Å². The quantitative estimate of drug-likeness (QED) is 0.446. The number of ketones is 1. The molecule has 1 saturated carbocycles. The van der Waals surface area contributed by atoms with E-state index in [-0.39, 0.29) is 11.7 Å². The second kappa shape index (κ2) is 5.93. The number of hydrogen-bond acceptors (Lipinski definition) is 4. The summed E-state index contributed by atoms with van der Waals surface area (Å²) in [5, 5.41) is 0. The first-order chi connectivity index (χ1) is 10.4. The molecule has 2 aromatic heterocycles. The Kier molecular flexibility index (Phi) is 4.14. The lowest BCUT2D eigenvalue weighted by molar-refractivity contribution is 0.0899. The topological polar surface area (TPSA) is 57.0 Å². The molecule has 0 N–H and O–H groups in total. The normalized spacial score (nSPS) is 15.4. The second-order valence-electron chi connectivity index (χ2n) is 7.24. The molecule has 118 valence electrons. The highest BCUT2D eigenvalue weighted by Gasteiger charge is 2.31. The monoisotopic (exact) mass is 317 g/mol. The summed E-state index contributed by atoms with van der Waals surface area (Å²) in [7, 11) is -1.06. The Hall–Kier alpha value is -1.53. The zero-order valence-electron chi connectivity index (χ0n) is 13.5. The van der Waals surface area contributed by atoms with E-state index in [2.05, 4.69) is 29.6 Å². The lowest BCUT2D eigenvalue weighted by Gasteiger charge is -2.15. The highest BCUT2D eigenvalue weighted by molar-refractivity contribution is 6.76. The fourth-order valence-electron chi connectivity index (χ4n) is 2.28. The number of aromatic nitrogens is 3. The lowest BCUT2D eigenvalue weighted by atomic mass is 10.2. The van der Waals surface area contributed by atoms with E-state index in [0.29, 0.717) is 12.4 Å². The first-order valence-corrected chi connectivity index (χ1v) is 11.6. The van der Waals surface area contributed by atoms with Gasteiger partial charge in [-0.15, -0.1) is 0 Å². The Morgan fingerprint density at radius 2 is 2.18 bits per heavy atom. The summed E-state index contributed by atoms with van der Waals surface area (Å²) in [6, 6.07) is 3.05. The van der Waals surface area contributed by atoms with Crippen LogP contribution in [0.2, 0.25) is 25.7 Å². The summed E-state index contributed by atoms with van der Waals surface area (Å²) in [5.74, 6) is 0.312. The van der Waals surface area contributed by atoms with Crippen LogP contribution < -0.4 is 0 Å². The molecule has 5 nitrogen and oxygen atoms in total. The summed E-state index contributed by atoms with van der Waals surface area (Å²) < 4.78 is 7.69. The molecule has 0 spiro atoms. The number of carbonyl (C=O) groups excluding carboxylic acids is 1. The van der Waals surface area contributed by atoms with Crippen LogP contribution in [-0.4, -0.2) is 35.0 Å². The van der Waals surface area contributed by atoms with Crippen molar-refractivity contribution >= 4 is 25.0 Å². The standard InChI is InChI=1S/C16H23N3O2Si/c1-22(2,3)9-8-21-11-19-7-6-13-16(19)17-10-14(18-13)15(20)12-4-5-12/h6-7,10,12H,4-5,8-9,11H2,1-3H3. The molecule has 1 fully saturated rings. The average molecular weight is 317 g/mol. The molecular formula is C16H23N3O2Si. The molecule has 0 bridgehead atoms. The van der Waals surface area contributed by atoms with Crippen LogP contribution in [0, 0.1) is 5.92 Å². The minimum Gasteiger partial charge on any atom is -0.361 e. The number of hydrogen-bond donors (Lipinski definition) is 0. The Morgan fingerprint density at radius 1 is 1.41 bits per heavy atom. The SMILES string of the molecule is C[Si](C)(C)CCOCn1ccc2nc(C(=O)C3CC3)cnc21. The van der Waals surface area contributed by atoms with E-state index in [1.807, 2.05) is 16.8 Å². The van der Waals surface area contributed by atoms with Crippen LogP contribution in [0.25, 0.3) is 11.2 Å². The Morgan fingerprint density at radius 3 is 2.86 bits per heavy atom. The van der Waals surface area contributed by atoms with Crippen LogP contribution in [0.1, 0.15) is 23.3 Å². The molecule has 0 amide bonds. The van der Waals surface area contributed by atoms with Gasteiger partial charge in [0.2, 0.25) is 0 Å². The van der Waals surface area contributed by atoms with Crippen molar-refractivity contribution in [2.45, 2.75) is 45.3 Å². The van der Waals surface area contributed by atoms with E-state index in [9.17, 15) is 4.79 Å². The largest absolute Gasteiger partial charge is 0.361 e. The molecule has 6 heteroatoms. The number of nitrogens with zero attached hydrogens (tertiary/aromatic N) is 3. The first kappa shape index (κ1) is 15.4. The molecule has 2 aromatic rings. The van der Waals surface area contributed by atoms with Crippen LogP contribution >= 0.6 is 0 Å². The van der Waals surface area contributed by atoms with E-state index in [4.69, 9.17) is 4.74 Å². The fourth-order valence-corrected chi connectivity index (χ4v) is 3.04. The summed E-state index contributed by atoms with van der Waals surface area (Å²) in [6.07, 6.45) is 5.50. The van der Waals surface area contributed by atoms with Gasteiger partial charge in [0.15, 0.2) is 11.4 Å². The predicted molar refractivity (Wildman–Crippen MR) is 88.7 cm³/mol. The average Bonchev–Trinajstić information content (AvgIpc) is 3.23. The van der Waals surface area contributed by atoms with Gasteiger partial charge >= 0.3 is 0 Å². The summed E-state index contributed by atoms with van der Waals surface area (Å²) >= 11 is 0. The van der Waals surface area contributed by atoms with Crippen molar-refractivity contribution in [3.05, 3.63) is 24.2 Å². The maximum Gasteiger partial charge on any atom is 0.185 e. The fraction of sp³-hybridized carbons (Fsp3) is 0.562. The summed E-state index contributed by atoms with van der Waals surface area (Å²) in [5.41, 5.74) is 2.04. The van der Waals surface area contributed by atoms with Crippen LogP contribution in [0.3, 0.4) is 0 Å². The van der Waals surface area contributed by atoms with Gasteiger partial charge in [-0.1, -0.05) is 19.6 Å².